The Kier molecular flexibility index (Phi) is 4.48. The quantitative estimate of drug-likeness (QED) is 0.871. The summed E-state index contributed by atoms with van der Waals surface area (Å²) in [5.74, 6) is 0.118. The fraction of sp³-hybridized carbons (Fsp3) is 0.444. The first-order valence-electron chi connectivity index (χ1n) is 8.08. The number of aryl methyl sites for hydroxylation is 1. The molecule has 1 saturated heterocycles. The van der Waals surface area contributed by atoms with Gasteiger partial charge in [0.2, 0.25) is 0 Å². The smallest absolute Gasteiger partial charge is 0.254 e. The molecular formula is C18H24N4O. The topological polar surface area (TPSA) is 41.4 Å². The molecule has 1 fully saturated rings. The third kappa shape index (κ3) is 3.45. The minimum Gasteiger partial charge on any atom is -0.331 e. The van der Waals surface area contributed by atoms with Gasteiger partial charge in [-0.2, -0.15) is 5.10 Å². The molecule has 1 aromatic heterocycles. The van der Waals surface area contributed by atoms with Crippen molar-refractivity contribution in [2.24, 2.45) is 7.05 Å². The number of hydrogen-bond donors (Lipinski definition) is 0. The number of aromatic nitrogens is 2. The van der Waals surface area contributed by atoms with Crippen molar-refractivity contribution in [3.8, 4) is 0 Å². The highest BCUT2D eigenvalue weighted by molar-refractivity contribution is 5.94. The zero-order chi connectivity index (χ0) is 16.4. The summed E-state index contributed by atoms with van der Waals surface area (Å²) in [6.45, 7) is 1.70. The second-order valence-electron chi connectivity index (χ2n) is 6.54. The van der Waals surface area contributed by atoms with Crippen LogP contribution in [0.5, 0.6) is 0 Å². The summed E-state index contributed by atoms with van der Waals surface area (Å²) in [5.41, 5.74) is 3.11. The Labute approximate surface area is 137 Å². The summed E-state index contributed by atoms with van der Waals surface area (Å²) in [6.07, 6.45) is 5.94. The first kappa shape index (κ1) is 15.7. The van der Waals surface area contributed by atoms with Crippen LogP contribution in [0.3, 0.4) is 0 Å². The third-order valence-electron chi connectivity index (χ3n) is 4.32. The van der Waals surface area contributed by atoms with Crippen molar-refractivity contribution < 1.29 is 4.79 Å². The fourth-order valence-electron chi connectivity index (χ4n) is 3.25. The molecule has 122 valence electrons. The van der Waals surface area contributed by atoms with Crippen LogP contribution in [0.25, 0.3) is 0 Å². The molecule has 2 heterocycles. The number of carbonyl (C=O) groups excluding carboxylic acids is 1. The summed E-state index contributed by atoms with van der Waals surface area (Å²) in [7, 11) is 6.00. The molecule has 1 aromatic carbocycles. The van der Waals surface area contributed by atoms with Crippen LogP contribution in [0, 0.1) is 0 Å². The van der Waals surface area contributed by atoms with Gasteiger partial charge in [-0.15, -0.1) is 0 Å². The summed E-state index contributed by atoms with van der Waals surface area (Å²) >= 11 is 0. The SMILES string of the molecule is CN(C)Cc1ccc(C(=O)N2CCCC2c2cnn(C)c2)cc1. The van der Waals surface area contributed by atoms with Gasteiger partial charge in [-0.05, 0) is 44.6 Å². The Hall–Kier alpha value is -2.14. The molecule has 0 spiro atoms. The van der Waals surface area contributed by atoms with E-state index in [2.05, 4.69) is 10.00 Å². The molecule has 5 nitrogen and oxygen atoms in total. The molecular weight excluding hydrogens is 288 g/mol. The maximum atomic E-state index is 12.9. The van der Waals surface area contributed by atoms with Gasteiger partial charge in [0.1, 0.15) is 0 Å². The molecule has 23 heavy (non-hydrogen) atoms. The second kappa shape index (κ2) is 6.54. The monoisotopic (exact) mass is 312 g/mol. The number of nitrogens with zero attached hydrogens (tertiary/aromatic N) is 4. The molecule has 1 atom stereocenters. The van der Waals surface area contributed by atoms with Gasteiger partial charge in [0, 0.05) is 37.5 Å². The Morgan fingerprint density at radius 3 is 2.65 bits per heavy atom. The molecule has 0 radical (unpaired) electrons. The molecule has 1 aliphatic rings. The van der Waals surface area contributed by atoms with Crippen LogP contribution in [0.2, 0.25) is 0 Å². The Balaban J connectivity index is 1.76. The van der Waals surface area contributed by atoms with Gasteiger partial charge in [0.25, 0.3) is 5.91 Å². The second-order valence-corrected chi connectivity index (χ2v) is 6.54. The first-order chi connectivity index (χ1) is 11.0. The molecule has 5 heteroatoms. The average Bonchev–Trinajstić information content (AvgIpc) is 3.15. The van der Waals surface area contributed by atoms with Crippen LogP contribution in [0.4, 0.5) is 0 Å². The van der Waals surface area contributed by atoms with Crippen LogP contribution in [-0.4, -0.2) is 46.1 Å². The van der Waals surface area contributed by atoms with E-state index < -0.39 is 0 Å². The molecule has 0 aliphatic carbocycles. The van der Waals surface area contributed by atoms with E-state index in [0.717, 1.165) is 37.1 Å². The minimum absolute atomic E-state index is 0.118. The predicted molar refractivity (Wildman–Crippen MR) is 90.1 cm³/mol. The zero-order valence-electron chi connectivity index (χ0n) is 14.1. The Morgan fingerprint density at radius 1 is 1.30 bits per heavy atom. The van der Waals surface area contributed by atoms with Crippen molar-refractivity contribution in [2.45, 2.75) is 25.4 Å². The zero-order valence-corrected chi connectivity index (χ0v) is 14.1. The normalized spacial score (nSPS) is 17.9. The van der Waals surface area contributed by atoms with Crippen molar-refractivity contribution in [1.29, 1.82) is 0 Å². The van der Waals surface area contributed by atoms with Crippen molar-refractivity contribution in [3.05, 3.63) is 53.3 Å². The van der Waals surface area contributed by atoms with Crippen LogP contribution in [0.1, 0.15) is 40.4 Å². The summed E-state index contributed by atoms with van der Waals surface area (Å²) in [4.78, 5) is 17.0. The number of likely N-dealkylation sites (tertiary alicyclic amines) is 1. The van der Waals surface area contributed by atoms with Crippen LogP contribution < -0.4 is 0 Å². The van der Waals surface area contributed by atoms with Crippen LogP contribution in [-0.2, 0) is 13.6 Å². The van der Waals surface area contributed by atoms with Gasteiger partial charge in [-0.25, -0.2) is 0 Å². The van der Waals surface area contributed by atoms with Crippen LogP contribution >= 0.6 is 0 Å². The van der Waals surface area contributed by atoms with Crippen LogP contribution in [0.15, 0.2) is 36.7 Å². The maximum absolute atomic E-state index is 12.9. The number of rotatable bonds is 4. The number of amides is 1. The van der Waals surface area contributed by atoms with Crippen molar-refractivity contribution in [1.82, 2.24) is 19.6 Å². The Morgan fingerprint density at radius 2 is 2.04 bits per heavy atom. The van der Waals surface area contributed by atoms with Gasteiger partial charge >= 0.3 is 0 Å². The minimum atomic E-state index is 0.118. The van der Waals surface area contributed by atoms with E-state index in [4.69, 9.17) is 0 Å². The number of carbonyl (C=O) groups is 1. The molecule has 0 N–H and O–H groups in total. The van der Waals surface area contributed by atoms with E-state index >= 15 is 0 Å². The van der Waals surface area contributed by atoms with E-state index in [9.17, 15) is 4.79 Å². The number of hydrogen-bond acceptors (Lipinski definition) is 3. The van der Waals surface area contributed by atoms with Gasteiger partial charge in [0.05, 0.1) is 12.2 Å². The lowest BCUT2D eigenvalue weighted by Crippen LogP contribution is -2.30. The standard InChI is InChI=1S/C18H24N4O/c1-20(2)12-14-6-8-15(9-7-14)18(23)22-10-4-5-17(22)16-11-19-21(3)13-16/h6-9,11,13,17H,4-5,10,12H2,1-3H3. The summed E-state index contributed by atoms with van der Waals surface area (Å²) in [5, 5.41) is 4.24. The largest absolute Gasteiger partial charge is 0.331 e. The van der Waals surface area contributed by atoms with Crippen molar-refractivity contribution in [3.63, 3.8) is 0 Å². The van der Waals surface area contributed by atoms with E-state index in [0.29, 0.717) is 0 Å². The highest BCUT2D eigenvalue weighted by Crippen LogP contribution is 2.32. The van der Waals surface area contributed by atoms with Crippen molar-refractivity contribution in [2.75, 3.05) is 20.6 Å². The molecule has 1 aliphatic heterocycles. The van der Waals surface area contributed by atoms with Gasteiger partial charge in [-0.3, -0.25) is 9.48 Å². The van der Waals surface area contributed by atoms with E-state index in [1.807, 2.05) is 62.7 Å². The lowest BCUT2D eigenvalue weighted by Gasteiger charge is -2.24. The molecule has 2 aromatic rings. The molecule has 0 bridgehead atoms. The molecule has 3 rings (SSSR count). The molecule has 1 unspecified atom stereocenters. The summed E-state index contributed by atoms with van der Waals surface area (Å²) < 4.78 is 1.80. The number of benzene rings is 1. The molecule has 0 saturated carbocycles. The van der Waals surface area contributed by atoms with Gasteiger partial charge in [-0.1, -0.05) is 12.1 Å². The van der Waals surface area contributed by atoms with E-state index in [1.165, 1.54) is 5.56 Å². The van der Waals surface area contributed by atoms with Crippen molar-refractivity contribution >= 4 is 5.91 Å². The highest BCUT2D eigenvalue weighted by atomic mass is 16.2. The summed E-state index contributed by atoms with van der Waals surface area (Å²) in [6, 6.07) is 8.13. The van der Waals surface area contributed by atoms with Gasteiger partial charge in [0.15, 0.2) is 0 Å². The predicted octanol–water partition coefficient (Wildman–Crippen LogP) is 2.46. The van der Waals surface area contributed by atoms with Gasteiger partial charge < -0.3 is 9.80 Å². The highest BCUT2D eigenvalue weighted by Gasteiger charge is 2.31. The maximum Gasteiger partial charge on any atom is 0.254 e. The fourth-order valence-corrected chi connectivity index (χ4v) is 3.25. The Bertz CT molecular complexity index is 675. The lowest BCUT2D eigenvalue weighted by atomic mass is 10.1. The van der Waals surface area contributed by atoms with E-state index in [-0.39, 0.29) is 11.9 Å². The molecule has 1 amide bonds. The van der Waals surface area contributed by atoms with E-state index in [1.54, 1.807) is 4.68 Å². The first-order valence-corrected chi connectivity index (χ1v) is 8.08. The average molecular weight is 312 g/mol. The third-order valence-corrected chi connectivity index (χ3v) is 4.32. The lowest BCUT2D eigenvalue weighted by molar-refractivity contribution is 0.0735.